The first kappa shape index (κ1) is 16.9. The second-order valence-electron chi connectivity index (χ2n) is 5.22. The summed E-state index contributed by atoms with van der Waals surface area (Å²) in [6.45, 7) is 4.07. The molecule has 0 aliphatic heterocycles. The van der Waals surface area contributed by atoms with E-state index in [1.165, 1.54) is 10.5 Å². The third-order valence-electron chi connectivity index (χ3n) is 3.43. The maximum atomic E-state index is 12.0. The number of carbonyl (C=O) groups excluding carboxylic acids is 1. The molecule has 0 saturated carbocycles. The summed E-state index contributed by atoms with van der Waals surface area (Å²) < 4.78 is 0. The first-order chi connectivity index (χ1) is 10.6. The van der Waals surface area contributed by atoms with Gasteiger partial charge in [0, 0.05) is 27.3 Å². The average molecular weight is 334 g/mol. The second-order valence-corrected chi connectivity index (χ2v) is 6.71. The molecule has 1 atom stereocenters. The Morgan fingerprint density at radius 1 is 1.14 bits per heavy atom. The third-order valence-corrected chi connectivity index (χ3v) is 4.76. The van der Waals surface area contributed by atoms with Gasteiger partial charge in [0.1, 0.15) is 0 Å². The quantitative estimate of drug-likeness (QED) is 0.740. The first-order valence-electron chi connectivity index (χ1n) is 7.36. The van der Waals surface area contributed by atoms with E-state index in [1.54, 1.807) is 11.8 Å². The van der Waals surface area contributed by atoms with E-state index in [0.29, 0.717) is 5.56 Å². The highest BCUT2D eigenvalue weighted by Crippen LogP contribution is 2.24. The molecular weight excluding hydrogens is 314 g/mol. The summed E-state index contributed by atoms with van der Waals surface area (Å²) in [6, 6.07) is 15.8. The van der Waals surface area contributed by atoms with Gasteiger partial charge in [0.05, 0.1) is 0 Å². The first-order valence-corrected chi connectivity index (χ1v) is 8.73. The van der Waals surface area contributed by atoms with Gasteiger partial charge in [-0.1, -0.05) is 30.7 Å². The number of rotatable bonds is 6. The molecule has 0 saturated heterocycles. The summed E-state index contributed by atoms with van der Waals surface area (Å²) in [5, 5.41) is 3.72. The van der Waals surface area contributed by atoms with Gasteiger partial charge >= 0.3 is 0 Å². The van der Waals surface area contributed by atoms with Crippen molar-refractivity contribution >= 4 is 29.3 Å². The number of nitrogens with one attached hydrogen (secondary N) is 1. The molecule has 0 aromatic heterocycles. The maximum Gasteiger partial charge on any atom is 0.251 e. The van der Waals surface area contributed by atoms with Gasteiger partial charge in [-0.15, -0.1) is 11.8 Å². The zero-order valence-electron chi connectivity index (χ0n) is 12.8. The van der Waals surface area contributed by atoms with Crippen LogP contribution >= 0.6 is 23.4 Å². The van der Waals surface area contributed by atoms with Crippen molar-refractivity contribution in [3.63, 3.8) is 0 Å². The summed E-state index contributed by atoms with van der Waals surface area (Å²) in [7, 11) is 0. The van der Waals surface area contributed by atoms with Crippen molar-refractivity contribution in [3.8, 4) is 0 Å². The SMILES string of the molecule is CC[C@H](C)NC(=O)c1ccc(CSc2ccc(Cl)cc2)cc1. The van der Waals surface area contributed by atoms with Crippen molar-refractivity contribution in [2.24, 2.45) is 0 Å². The van der Waals surface area contributed by atoms with Crippen molar-refractivity contribution in [2.75, 3.05) is 0 Å². The lowest BCUT2D eigenvalue weighted by atomic mass is 10.1. The molecule has 2 rings (SSSR count). The van der Waals surface area contributed by atoms with Gasteiger partial charge in [0.15, 0.2) is 0 Å². The lowest BCUT2D eigenvalue weighted by molar-refractivity contribution is 0.0939. The van der Waals surface area contributed by atoms with Crippen LogP contribution in [-0.2, 0) is 5.75 Å². The van der Waals surface area contributed by atoms with Crippen LogP contribution in [0.4, 0.5) is 0 Å². The van der Waals surface area contributed by atoms with Gasteiger partial charge in [0.2, 0.25) is 0 Å². The molecule has 2 aromatic rings. The fourth-order valence-electron chi connectivity index (χ4n) is 1.86. The van der Waals surface area contributed by atoms with E-state index in [4.69, 9.17) is 11.6 Å². The Kier molecular flexibility index (Phi) is 6.34. The van der Waals surface area contributed by atoms with E-state index in [2.05, 4.69) is 12.2 Å². The van der Waals surface area contributed by atoms with Crippen molar-refractivity contribution in [3.05, 3.63) is 64.7 Å². The van der Waals surface area contributed by atoms with Gasteiger partial charge < -0.3 is 5.32 Å². The summed E-state index contributed by atoms with van der Waals surface area (Å²) in [4.78, 5) is 13.2. The minimum absolute atomic E-state index is 0.00810. The molecule has 0 heterocycles. The number of halogens is 1. The summed E-state index contributed by atoms with van der Waals surface area (Å²) in [5.41, 5.74) is 1.90. The third kappa shape index (κ3) is 5.08. The van der Waals surface area contributed by atoms with Crippen LogP contribution in [0.1, 0.15) is 36.2 Å². The fourth-order valence-corrected chi connectivity index (χ4v) is 2.84. The Labute approximate surface area is 141 Å². The van der Waals surface area contributed by atoms with Crippen LogP contribution in [0.15, 0.2) is 53.4 Å². The summed E-state index contributed by atoms with van der Waals surface area (Å²) >= 11 is 7.63. The lowest BCUT2D eigenvalue weighted by Gasteiger charge is -2.11. The molecule has 0 fully saturated rings. The highest BCUT2D eigenvalue weighted by molar-refractivity contribution is 7.98. The second kappa shape index (κ2) is 8.25. The Morgan fingerprint density at radius 2 is 1.77 bits per heavy atom. The molecule has 0 radical (unpaired) electrons. The van der Waals surface area contributed by atoms with Crippen molar-refractivity contribution < 1.29 is 4.79 Å². The van der Waals surface area contributed by atoms with Gasteiger partial charge in [-0.3, -0.25) is 4.79 Å². The van der Waals surface area contributed by atoms with Crippen LogP contribution in [0.5, 0.6) is 0 Å². The molecule has 0 aliphatic rings. The Hall–Kier alpha value is -1.45. The van der Waals surface area contributed by atoms with Crippen LogP contribution in [0, 0.1) is 0 Å². The van der Waals surface area contributed by atoms with Gasteiger partial charge in [-0.2, -0.15) is 0 Å². The fraction of sp³-hybridized carbons (Fsp3) is 0.278. The molecule has 2 aromatic carbocycles. The van der Waals surface area contributed by atoms with E-state index < -0.39 is 0 Å². The molecule has 0 spiro atoms. The minimum atomic E-state index is -0.00810. The van der Waals surface area contributed by atoms with Crippen LogP contribution in [0.25, 0.3) is 0 Å². The molecule has 2 nitrogen and oxygen atoms in total. The smallest absolute Gasteiger partial charge is 0.251 e. The Morgan fingerprint density at radius 3 is 2.36 bits per heavy atom. The van der Waals surface area contributed by atoms with Gasteiger partial charge in [-0.25, -0.2) is 0 Å². The topological polar surface area (TPSA) is 29.1 Å². The number of hydrogen-bond acceptors (Lipinski definition) is 2. The molecular formula is C18H20ClNOS. The van der Waals surface area contributed by atoms with E-state index >= 15 is 0 Å². The summed E-state index contributed by atoms with van der Waals surface area (Å²) in [5.74, 6) is 0.862. The molecule has 0 bridgehead atoms. The lowest BCUT2D eigenvalue weighted by Crippen LogP contribution is -2.31. The molecule has 0 unspecified atom stereocenters. The predicted octanol–water partition coefficient (Wildman–Crippen LogP) is 5.16. The van der Waals surface area contributed by atoms with Crippen molar-refractivity contribution in [1.82, 2.24) is 5.32 Å². The number of carbonyl (C=O) groups is 1. The molecule has 22 heavy (non-hydrogen) atoms. The predicted molar refractivity (Wildman–Crippen MR) is 94.7 cm³/mol. The standard InChI is InChI=1S/C18H20ClNOS/c1-3-13(2)20-18(21)15-6-4-14(5-7-15)12-22-17-10-8-16(19)9-11-17/h4-11,13H,3,12H2,1-2H3,(H,20,21)/t13-/m0/s1. The van der Waals surface area contributed by atoms with E-state index in [9.17, 15) is 4.79 Å². The Balaban J connectivity index is 1.91. The normalized spacial score (nSPS) is 12.0. The van der Waals surface area contributed by atoms with Crippen LogP contribution in [0.2, 0.25) is 5.02 Å². The highest BCUT2D eigenvalue weighted by Gasteiger charge is 2.08. The van der Waals surface area contributed by atoms with Crippen LogP contribution in [-0.4, -0.2) is 11.9 Å². The average Bonchev–Trinajstić information content (AvgIpc) is 2.54. The zero-order chi connectivity index (χ0) is 15.9. The number of hydrogen-bond donors (Lipinski definition) is 1. The van der Waals surface area contributed by atoms with Crippen molar-refractivity contribution in [2.45, 2.75) is 37.0 Å². The maximum absolute atomic E-state index is 12.0. The van der Waals surface area contributed by atoms with E-state index in [-0.39, 0.29) is 11.9 Å². The molecule has 1 N–H and O–H groups in total. The number of thioether (sulfide) groups is 1. The van der Waals surface area contributed by atoms with Crippen molar-refractivity contribution in [1.29, 1.82) is 0 Å². The molecule has 0 aliphatic carbocycles. The number of amides is 1. The van der Waals surface area contributed by atoms with E-state index in [0.717, 1.165) is 17.2 Å². The highest BCUT2D eigenvalue weighted by atomic mass is 35.5. The molecule has 1 amide bonds. The molecule has 116 valence electrons. The number of benzene rings is 2. The summed E-state index contributed by atoms with van der Waals surface area (Å²) in [6.07, 6.45) is 0.932. The zero-order valence-corrected chi connectivity index (χ0v) is 14.4. The van der Waals surface area contributed by atoms with Gasteiger partial charge in [0.25, 0.3) is 5.91 Å². The Bertz CT molecular complexity index is 610. The minimum Gasteiger partial charge on any atom is -0.350 e. The largest absolute Gasteiger partial charge is 0.350 e. The van der Waals surface area contributed by atoms with Crippen LogP contribution < -0.4 is 5.32 Å². The van der Waals surface area contributed by atoms with E-state index in [1.807, 2.05) is 55.5 Å². The van der Waals surface area contributed by atoms with Crippen LogP contribution in [0.3, 0.4) is 0 Å². The molecule has 4 heteroatoms. The van der Waals surface area contributed by atoms with Gasteiger partial charge in [-0.05, 0) is 55.3 Å². The monoisotopic (exact) mass is 333 g/mol.